The molecule has 27 heavy (non-hydrogen) atoms. The number of carbonyl (C=O) groups is 1. The van der Waals surface area contributed by atoms with Crippen molar-refractivity contribution in [3.05, 3.63) is 40.2 Å². The smallest absolute Gasteiger partial charge is 0.395 e. The second-order valence-electron chi connectivity index (χ2n) is 5.47. The van der Waals surface area contributed by atoms with Crippen molar-refractivity contribution >= 4 is 35.3 Å². The molecule has 0 saturated carbocycles. The van der Waals surface area contributed by atoms with Crippen LogP contribution in [0.4, 0.5) is 14.6 Å². The number of allylic oxidation sites excluding steroid dienone is 1. The standard InChI is InChI=1S/C15H10ClF2N5O3S/c1-6-13(27-23-22-6)14(24)21-12-5-19-9(4-20-12)7-2-10-11(3-8(7)16)26-15(17,18)25-10/h2-5,22-23H,1H3,(H,20,21,24). The molecule has 4 rings (SSSR count). The van der Waals surface area contributed by atoms with Crippen LogP contribution in [0.2, 0.25) is 5.02 Å². The highest BCUT2D eigenvalue weighted by Crippen LogP contribution is 2.45. The summed E-state index contributed by atoms with van der Waals surface area (Å²) >= 11 is 7.27. The maximum Gasteiger partial charge on any atom is 0.586 e. The summed E-state index contributed by atoms with van der Waals surface area (Å²) < 4.78 is 35.1. The van der Waals surface area contributed by atoms with Gasteiger partial charge in [-0.15, -0.1) is 8.78 Å². The highest BCUT2D eigenvalue weighted by Gasteiger charge is 2.43. The maximum absolute atomic E-state index is 13.2. The number of nitrogens with zero attached hydrogens (tertiary/aromatic N) is 2. The van der Waals surface area contributed by atoms with Gasteiger partial charge in [-0.2, -0.15) is 4.83 Å². The largest absolute Gasteiger partial charge is 0.586 e. The van der Waals surface area contributed by atoms with Crippen LogP contribution in [0.5, 0.6) is 11.5 Å². The zero-order valence-electron chi connectivity index (χ0n) is 13.5. The number of amides is 1. The molecule has 0 spiro atoms. The fourth-order valence-electron chi connectivity index (χ4n) is 2.38. The van der Waals surface area contributed by atoms with Gasteiger partial charge in [0.05, 0.1) is 23.1 Å². The molecule has 0 radical (unpaired) electrons. The quantitative estimate of drug-likeness (QED) is 0.661. The van der Waals surface area contributed by atoms with Gasteiger partial charge in [0.1, 0.15) is 4.91 Å². The number of hydrogen-bond acceptors (Lipinski definition) is 8. The number of hydrazine groups is 1. The number of anilines is 1. The molecule has 2 aromatic rings. The van der Waals surface area contributed by atoms with Crippen LogP contribution in [0.1, 0.15) is 6.92 Å². The summed E-state index contributed by atoms with van der Waals surface area (Å²) in [6.45, 7) is 1.75. The first-order valence-corrected chi connectivity index (χ1v) is 8.64. The molecule has 0 aliphatic carbocycles. The zero-order chi connectivity index (χ0) is 19.2. The van der Waals surface area contributed by atoms with E-state index in [9.17, 15) is 13.6 Å². The summed E-state index contributed by atoms with van der Waals surface area (Å²) in [5.41, 5.74) is 4.14. The van der Waals surface area contributed by atoms with Gasteiger partial charge in [-0.25, -0.2) is 4.98 Å². The lowest BCUT2D eigenvalue weighted by atomic mass is 10.1. The molecule has 3 N–H and O–H groups in total. The van der Waals surface area contributed by atoms with Gasteiger partial charge in [0, 0.05) is 17.3 Å². The molecule has 3 heterocycles. The minimum absolute atomic E-state index is 0.140. The first-order valence-electron chi connectivity index (χ1n) is 7.44. The molecule has 2 aliphatic heterocycles. The second-order valence-corrected chi connectivity index (χ2v) is 6.69. The Morgan fingerprint density at radius 3 is 2.63 bits per heavy atom. The van der Waals surface area contributed by atoms with E-state index in [1.54, 1.807) is 6.92 Å². The highest BCUT2D eigenvalue weighted by molar-refractivity contribution is 8.02. The third kappa shape index (κ3) is 3.48. The molecule has 0 fully saturated rings. The van der Waals surface area contributed by atoms with Crippen LogP contribution in [0, 0.1) is 0 Å². The summed E-state index contributed by atoms with van der Waals surface area (Å²) in [6, 6.07) is 2.51. The van der Waals surface area contributed by atoms with Gasteiger partial charge in [0.25, 0.3) is 5.91 Å². The van der Waals surface area contributed by atoms with Crippen LogP contribution in [0.15, 0.2) is 35.1 Å². The first kappa shape index (κ1) is 17.8. The van der Waals surface area contributed by atoms with Crippen molar-refractivity contribution in [3.8, 4) is 22.8 Å². The third-order valence-electron chi connectivity index (χ3n) is 3.60. The van der Waals surface area contributed by atoms with Crippen molar-refractivity contribution in [2.24, 2.45) is 0 Å². The average Bonchev–Trinajstić information content (AvgIpc) is 3.16. The van der Waals surface area contributed by atoms with Crippen LogP contribution in [0.3, 0.4) is 0 Å². The van der Waals surface area contributed by atoms with Gasteiger partial charge >= 0.3 is 6.29 Å². The lowest BCUT2D eigenvalue weighted by Gasteiger charge is -2.07. The Hall–Kier alpha value is -2.63. The number of hydrogen-bond donors (Lipinski definition) is 3. The molecule has 1 aromatic carbocycles. The van der Waals surface area contributed by atoms with E-state index in [-0.39, 0.29) is 28.2 Å². The first-order chi connectivity index (χ1) is 12.8. The Labute approximate surface area is 160 Å². The molecule has 0 saturated heterocycles. The van der Waals surface area contributed by atoms with Gasteiger partial charge in [0.2, 0.25) is 0 Å². The minimum Gasteiger partial charge on any atom is -0.395 e. The number of ether oxygens (including phenoxy) is 2. The Morgan fingerprint density at radius 2 is 2.00 bits per heavy atom. The van der Waals surface area contributed by atoms with E-state index < -0.39 is 6.29 Å². The van der Waals surface area contributed by atoms with E-state index >= 15 is 0 Å². The fourth-order valence-corrected chi connectivity index (χ4v) is 3.28. The van der Waals surface area contributed by atoms with Gasteiger partial charge in [-0.1, -0.05) is 11.6 Å². The van der Waals surface area contributed by atoms with E-state index in [2.05, 4.69) is 35.0 Å². The van der Waals surface area contributed by atoms with E-state index in [1.807, 2.05) is 0 Å². The van der Waals surface area contributed by atoms with Gasteiger partial charge in [-0.05, 0) is 24.9 Å². The summed E-state index contributed by atoms with van der Waals surface area (Å²) in [7, 11) is 0. The summed E-state index contributed by atoms with van der Waals surface area (Å²) in [5, 5.41) is 2.75. The number of benzene rings is 1. The van der Waals surface area contributed by atoms with Crippen molar-refractivity contribution < 1.29 is 23.0 Å². The van der Waals surface area contributed by atoms with E-state index in [1.165, 1.54) is 24.5 Å². The molecule has 8 nitrogen and oxygen atoms in total. The van der Waals surface area contributed by atoms with E-state index in [0.29, 0.717) is 21.9 Å². The summed E-state index contributed by atoms with van der Waals surface area (Å²) in [4.78, 5) is 23.7. The third-order valence-corrected chi connectivity index (χ3v) is 4.81. The van der Waals surface area contributed by atoms with Gasteiger partial charge in [-0.3, -0.25) is 9.78 Å². The molecular formula is C15H10ClF2N5O3S. The second kappa shape index (κ2) is 6.51. The number of carbonyl (C=O) groups excluding carboxylic acids is 1. The van der Waals surface area contributed by atoms with Gasteiger partial charge in [0.15, 0.2) is 17.3 Å². The molecule has 1 aromatic heterocycles. The van der Waals surface area contributed by atoms with Crippen LogP contribution in [-0.4, -0.2) is 22.2 Å². The molecule has 12 heteroatoms. The maximum atomic E-state index is 13.2. The van der Waals surface area contributed by atoms with Crippen LogP contribution in [0.25, 0.3) is 11.3 Å². The van der Waals surface area contributed by atoms with Gasteiger partial charge < -0.3 is 20.2 Å². The lowest BCUT2D eigenvalue weighted by Crippen LogP contribution is -2.25. The van der Waals surface area contributed by atoms with Crippen LogP contribution < -0.4 is 25.0 Å². The molecule has 0 unspecified atom stereocenters. The Morgan fingerprint density at radius 1 is 1.26 bits per heavy atom. The van der Waals surface area contributed by atoms with E-state index in [4.69, 9.17) is 11.6 Å². The number of halogens is 3. The molecule has 140 valence electrons. The number of alkyl halides is 2. The molecular weight excluding hydrogens is 404 g/mol. The van der Waals surface area contributed by atoms with Crippen molar-refractivity contribution in [2.75, 3.05) is 5.32 Å². The average molecular weight is 414 g/mol. The van der Waals surface area contributed by atoms with Crippen molar-refractivity contribution in [2.45, 2.75) is 13.2 Å². The minimum atomic E-state index is -3.74. The molecule has 2 aliphatic rings. The van der Waals surface area contributed by atoms with Crippen molar-refractivity contribution in [1.29, 1.82) is 0 Å². The zero-order valence-corrected chi connectivity index (χ0v) is 15.0. The molecule has 1 amide bonds. The number of fused-ring (bicyclic) bond motifs is 1. The Balaban J connectivity index is 1.55. The van der Waals surface area contributed by atoms with Crippen LogP contribution in [-0.2, 0) is 4.79 Å². The number of nitrogens with one attached hydrogen (secondary N) is 3. The predicted octanol–water partition coefficient (Wildman–Crippen LogP) is 3.04. The van der Waals surface area contributed by atoms with E-state index in [0.717, 1.165) is 11.9 Å². The molecule has 0 bridgehead atoms. The van der Waals surface area contributed by atoms with Crippen LogP contribution >= 0.6 is 23.5 Å². The monoisotopic (exact) mass is 413 g/mol. The SMILES string of the molecule is CC1=C(C(=O)Nc2cnc(-c3cc4c(cc3Cl)OC(F)(F)O4)cn2)SNN1. The van der Waals surface area contributed by atoms with Crippen molar-refractivity contribution in [1.82, 2.24) is 20.2 Å². The molecule has 0 atom stereocenters. The summed E-state index contributed by atoms with van der Waals surface area (Å²) in [6.07, 6.45) is -1.05. The fraction of sp³-hybridized carbons (Fsp3) is 0.133. The number of aromatic nitrogens is 2. The lowest BCUT2D eigenvalue weighted by molar-refractivity contribution is -0.286. The highest BCUT2D eigenvalue weighted by atomic mass is 35.5. The Bertz CT molecular complexity index is 971. The number of rotatable bonds is 3. The predicted molar refractivity (Wildman–Crippen MR) is 93.9 cm³/mol. The summed E-state index contributed by atoms with van der Waals surface area (Å²) in [5.74, 6) is -0.440. The topological polar surface area (TPSA) is 97.4 Å². The normalized spacial score (nSPS) is 17.0. The van der Waals surface area contributed by atoms with Crippen molar-refractivity contribution in [3.63, 3.8) is 0 Å². The Kier molecular flexibility index (Phi) is 4.29.